The quantitative estimate of drug-likeness (QED) is 0.290. The van der Waals surface area contributed by atoms with Crippen LogP contribution in [0.4, 0.5) is 0 Å². The number of thioether (sulfide) groups is 1. The van der Waals surface area contributed by atoms with E-state index in [2.05, 4.69) is 13.0 Å². The first-order valence-corrected chi connectivity index (χ1v) is 12.3. The molecule has 3 heterocycles. The number of benzene rings is 2. The molecule has 164 valence electrons. The van der Waals surface area contributed by atoms with E-state index in [1.165, 1.54) is 11.8 Å². The second-order valence-corrected chi connectivity index (χ2v) is 10.3. The highest BCUT2D eigenvalue weighted by Gasteiger charge is 2.24. The predicted molar refractivity (Wildman–Crippen MR) is 131 cm³/mol. The van der Waals surface area contributed by atoms with Crippen molar-refractivity contribution in [1.29, 1.82) is 0 Å². The van der Waals surface area contributed by atoms with Crippen LogP contribution in [-0.4, -0.2) is 28.0 Å². The van der Waals surface area contributed by atoms with Crippen LogP contribution in [0.3, 0.4) is 0 Å². The third-order valence-electron chi connectivity index (χ3n) is 5.73. The third kappa shape index (κ3) is 3.69. The first-order valence-electron chi connectivity index (χ1n) is 10.5. The van der Waals surface area contributed by atoms with E-state index >= 15 is 0 Å². The number of ether oxygens (including phenoxy) is 2. The van der Waals surface area contributed by atoms with Crippen molar-refractivity contribution >= 4 is 33.3 Å². The Bertz CT molecular complexity index is 1390. The molecule has 7 heteroatoms. The van der Waals surface area contributed by atoms with Crippen LogP contribution in [0.15, 0.2) is 52.4 Å². The van der Waals surface area contributed by atoms with Crippen LogP contribution < -0.4 is 15.0 Å². The van der Waals surface area contributed by atoms with Gasteiger partial charge in [-0.25, -0.2) is 4.98 Å². The molecule has 4 aromatic rings. The molecular weight excluding hydrogens is 440 g/mol. The van der Waals surface area contributed by atoms with Gasteiger partial charge >= 0.3 is 0 Å². The van der Waals surface area contributed by atoms with Gasteiger partial charge in [-0.05, 0) is 57.0 Å². The SMILES string of the molecule is Cc1ccc(-n2c(SC[C@@H]3COc4ccccc4O3)nc3sc(C)c(C)c3c2=O)c(C)c1. The van der Waals surface area contributed by atoms with Crippen molar-refractivity contribution < 1.29 is 9.47 Å². The highest BCUT2D eigenvalue weighted by molar-refractivity contribution is 7.99. The summed E-state index contributed by atoms with van der Waals surface area (Å²) in [5.41, 5.74) is 4.07. The maximum atomic E-state index is 13.7. The molecule has 5 nitrogen and oxygen atoms in total. The van der Waals surface area contributed by atoms with Gasteiger partial charge in [0.05, 0.1) is 11.1 Å². The van der Waals surface area contributed by atoms with Gasteiger partial charge < -0.3 is 9.47 Å². The van der Waals surface area contributed by atoms with E-state index in [1.54, 1.807) is 15.9 Å². The Hall–Kier alpha value is -2.77. The maximum absolute atomic E-state index is 13.7. The van der Waals surface area contributed by atoms with Gasteiger partial charge in [-0.1, -0.05) is 41.6 Å². The Morgan fingerprint density at radius 1 is 1.12 bits per heavy atom. The largest absolute Gasteiger partial charge is 0.486 e. The van der Waals surface area contributed by atoms with E-state index in [0.717, 1.165) is 43.6 Å². The summed E-state index contributed by atoms with van der Waals surface area (Å²) in [6, 6.07) is 13.8. The first-order chi connectivity index (χ1) is 15.4. The first kappa shape index (κ1) is 21.1. The lowest BCUT2D eigenvalue weighted by Gasteiger charge is -2.26. The molecule has 1 aliphatic rings. The molecule has 0 radical (unpaired) electrons. The van der Waals surface area contributed by atoms with Crippen LogP contribution in [0.2, 0.25) is 0 Å². The minimum atomic E-state index is -0.123. The topological polar surface area (TPSA) is 53.4 Å². The minimum Gasteiger partial charge on any atom is -0.486 e. The number of aryl methyl sites for hydroxylation is 4. The summed E-state index contributed by atoms with van der Waals surface area (Å²) in [6.45, 7) is 8.60. The van der Waals surface area contributed by atoms with E-state index in [4.69, 9.17) is 14.5 Å². The van der Waals surface area contributed by atoms with E-state index < -0.39 is 0 Å². The lowest BCUT2D eigenvalue weighted by Crippen LogP contribution is -2.31. The number of hydrogen-bond donors (Lipinski definition) is 0. The number of fused-ring (bicyclic) bond motifs is 2. The summed E-state index contributed by atoms with van der Waals surface area (Å²) in [4.78, 5) is 20.5. The normalized spacial score (nSPS) is 15.3. The molecule has 0 saturated carbocycles. The molecule has 2 aromatic carbocycles. The van der Waals surface area contributed by atoms with Crippen molar-refractivity contribution in [3.8, 4) is 17.2 Å². The summed E-state index contributed by atoms with van der Waals surface area (Å²) >= 11 is 3.11. The second-order valence-electron chi connectivity index (χ2n) is 8.10. The molecule has 0 spiro atoms. The molecule has 0 saturated heterocycles. The fourth-order valence-electron chi connectivity index (χ4n) is 3.95. The summed E-state index contributed by atoms with van der Waals surface area (Å²) in [5, 5.41) is 1.39. The zero-order valence-corrected chi connectivity index (χ0v) is 20.1. The molecule has 0 amide bonds. The van der Waals surface area contributed by atoms with Gasteiger partial charge in [0.15, 0.2) is 16.7 Å². The molecule has 32 heavy (non-hydrogen) atoms. The average Bonchev–Trinajstić information content (AvgIpc) is 3.06. The van der Waals surface area contributed by atoms with Crippen LogP contribution in [0, 0.1) is 27.7 Å². The third-order valence-corrected chi connectivity index (χ3v) is 7.90. The van der Waals surface area contributed by atoms with Crippen LogP contribution in [0.5, 0.6) is 11.5 Å². The van der Waals surface area contributed by atoms with Gasteiger partial charge in [0.1, 0.15) is 17.5 Å². The van der Waals surface area contributed by atoms with Crippen molar-refractivity contribution in [3.63, 3.8) is 0 Å². The Kier molecular flexibility index (Phi) is 5.47. The molecule has 0 unspecified atom stereocenters. The van der Waals surface area contributed by atoms with E-state index in [0.29, 0.717) is 22.9 Å². The van der Waals surface area contributed by atoms with Gasteiger partial charge in [-0.3, -0.25) is 9.36 Å². The molecule has 0 bridgehead atoms. The van der Waals surface area contributed by atoms with Crippen molar-refractivity contribution in [2.24, 2.45) is 0 Å². The summed E-state index contributed by atoms with van der Waals surface area (Å²) in [7, 11) is 0. The molecule has 0 fully saturated rings. The van der Waals surface area contributed by atoms with Gasteiger partial charge in [0.25, 0.3) is 5.56 Å². The van der Waals surface area contributed by atoms with Crippen molar-refractivity contribution in [3.05, 3.63) is 74.4 Å². The van der Waals surface area contributed by atoms with Gasteiger partial charge in [0, 0.05) is 10.6 Å². The highest BCUT2D eigenvalue weighted by Crippen LogP contribution is 2.34. The fraction of sp³-hybridized carbons (Fsp3) is 0.280. The zero-order chi connectivity index (χ0) is 22.4. The summed E-state index contributed by atoms with van der Waals surface area (Å²) in [6.07, 6.45) is -0.123. The van der Waals surface area contributed by atoms with E-state index in [-0.39, 0.29) is 11.7 Å². The number of hydrogen-bond acceptors (Lipinski definition) is 6. The Labute approximate surface area is 195 Å². The second kappa shape index (κ2) is 8.30. The minimum absolute atomic E-state index is 0.0162. The number of aromatic nitrogens is 2. The monoisotopic (exact) mass is 464 g/mol. The number of nitrogens with zero attached hydrogens (tertiary/aromatic N) is 2. The molecule has 0 aliphatic carbocycles. The number of thiophene rings is 1. The Morgan fingerprint density at radius 2 is 1.91 bits per heavy atom. The Morgan fingerprint density at radius 3 is 2.69 bits per heavy atom. The van der Waals surface area contributed by atoms with Gasteiger partial charge in [-0.2, -0.15) is 0 Å². The van der Waals surface area contributed by atoms with Crippen molar-refractivity contribution in [2.75, 3.05) is 12.4 Å². The Balaban J connectivity index is 1.55. The molecule has 0 N–H and O–H groups in total. The number of rotatable bonds is 4. The molecule has 1 atom stereocenters. The highest BCUT2D eigenvalue weighted by atomic mass is 32.2. The standard InChI is InChI=1S/C25H24N2O3S2/c1-14-9-10-19(15(2)11-14)27-24(28)22-16(3)17(4)32-23(22)26-25(27)31-13-18-12-29-20-7-5-6-8-21(20)30-18/h5-11,18H,12-13H2,1-4H3/t18-/m0/s1. The van der Waals surface area contributed by atoms with Crippen LogP contribution >= 0.6 is 23.1 Å². The molecule has 2 aromatic heterocycles. The maximum Gasteiger partial charge on any atom is 0.267 e. The van der Waals surface area contributed by atoms with Crippen LogP contribution in [0.1, 0.15) is 21.6 Å². The predicted octanol–water partition coefficient (Wildman–Crippen LogP) is 5.61. The van der Waals surface area contributed by atoms with Crippen LogP contribution in [-0.2, 0) is 0 Å². The van der Waals surface area contributed by atoms with Gasteiger partial charge in [-0.15, -0.1) is 11.3 Å². The summed E-state index contributed by atoms with van der Waals surface area (Å²) in [5.74, 6) is 2.15. The van der Waals surface area contributed by atoms with Crippen molar-refractivity contribution in [1.82, 2.24) is 9.55 Å². The lowest BCUT2D eigenvalue weighted by molar-refractivity contribution is 0.107. The molecule has 5 rings (SSSR count). The van der Waals surface area contributed by atoms with Crippen LogP contribution in [0.25, 0.3) is 15.9 Å². The van der Waals surface area contributed by atoms with Gasteiger partial charge in [0.2, 0.25) is 0 Å². The fourth-order valence-corrected chi connectivity index (χ4v) is 6.00. The van der Waals surface area contributed by atoms with Crippen molar-refractivity contribution in [2.45, 2.75) is 39.0 Å². The lowest BCUT2D eigenvalue weighted by atomic mass is 10.1. The van der Waals surface area contributed by atoms with E-state index in [1.807, 2.05) is 57.2 Å². The van der Waals surface area contributed by atoms with E-state index in [9.17, 15) is 4.79 Å². The average molecular weight is 465 g/mol. The molecular formula is C25H24N2O3S2. The summed E-state index contributed by atoms with van der Waals surface area (Å²) < 4.78 is 13.7. The number of para-hydroxylation sites is 2. The zero-order valence-electron chi connectivity index (χ0n) is 18.5. The molecule has 1 aliphatic heterocycles. The smallest absolute Gasteiger partial charge is 0.267 e.